The lowest BCUT2D eigenvalue weighted by atomic mass is 9.99. The molecule has 0 aliphatic heterocycles. The molecule has 0 aliphatic carbocycles. The minimum atomic E-state index is -0.468. The average Bonchev–Trinajstić information content (AvgIpc) is 2.34. The van der Waals surface area contributed by atoms with Crippen LogP contribution in [0, 0.1) is 0 Å². The summed E-state index contributed by atoms with van der Waals surface area (Å²) in [5.74, 6) is 0. The van der Waals surface area contributed by atoms with E-state index in [1.54, 1.807) is 0 Å². The third-order valence-corrected chi connectivity index (χ3v) is 3.55. The van der Waals surface area contributed by atoms with Crippen molar-refractivity contribution in [1.29, 1.82) is 0 Å². The van der Waals surface area contributed by atoms with Crippen LogP contribution in [-0.2, 0) is 0 Å². The maximum atomic E-state index is 9.59. The van der Waals surface area contributed by atoms with Crippen molar-refractivity contribution in [3.63, 3.8) is 0 Å². The molecule has 1 heteroatoms. The van der Waals surface area contributed by atoms with Crippen molar-refractivity contribution in [3.8, 4) is 0 Å². The fourth-order valence-corrected chi connectivity index (χ4v) is 2.26. The molecule has 0 unspecified atom stereocenters. The molecule has 0 amide bonds. The van der Waals surface area contributed by atoms with Gasteiger partial charge in [0.15, 0.2) is 0 Å². The van der Waals surface area contributed by atoms with Crippen molar-refractivity contribution in [3.05, 3.63) is 12.2 Å². The molecule has 0 atom stereocenters. The summed E-state index contributed by atoms with van der Waals surface area (Å²) in [7, 11) is 0. The molecule has 0 aromatic carbocycles. The van der Waals surface area contributed by atoms with E-state index >= 15 is 0 Å². The second kappa shape index (κ2) is 12.7. The molecule has 0 aliphatic rings. The SMILES string of the molecule is CCCCC=CCCCCCCCCCC(C)(C)O. The lowest BCUT2D eigenvalue weighted by molar-refractivity contribution is 0.0680. The van der Waals surface area contributed by atoms with E-state index in [1.165, 1.54) is 70.6 Å². The van der Waals surface area contributed by atoms with E-state index in [0.29, 0.717) is 0 Å². The van der Waals surface area contributed by atoms with Gasteiger partial charge in [0.1, 0.15) is 0 Å². The Labute approximate surface area is 121 Å². The molecule has 19 heavy (non-hydrogen) atoms. The quantitative estimate of drug-likeness (QED) is 0.320. The van der Waals surface area contributed by atoms with E-state index < -0.39 is 5.60 Å². The highest BCUT2D eigenvalue weighted by molar-refractivity contribution is 4.81. The topological polar surface area (TPSA) is 20.2 Å². The number of unbranched alkanes of at least 4 members (excludes halogenated alkanes) is 9. The van der Waals surface area contributed by atoms with E-state index in [0.717, 1.165) is 6.42 Å². The number of hydrogen-bond donors (Lipinski definition) is 1. The van der Waals surface area contributed by atoms with E-state index in [2.05, 4.69) is 19.1 Å². The van der Waals surface area contributed by atoms with Crippen LogP contribution in [0.15, 0.2) is 12.2 Å². The zero-order valence-electron chi connectivity index (χ0n) is 13.6. The minimum absolute atomic E-state index is 0.468. The molecule has 0 saturated heterocycles. The standard InChI is InChI=1S/C18H36O/c1-4-5-6-7-8-9-10-11-12-13-14-15-16-17-18(2,3)19/h7-8,19H,4-6,9-17H2,1-3H3. The highest BCUT2D eigenvalue weighted by Crippen LogP contribution is 2.15. The first-order chi connectivity index (χ1) is 9.06. The Kier molecular flexibility index (Phi) is 12.5. The highest BCUT2D eigenvalue weighted by Gasteiger charge is 2.10. The molecule has 0 aromatic heterocycles. The van der Waals surface area contributed by atoms with Crippen molar-refractivity contribution in [2.24, 2.45) is 0 Å². The van der Waals surface area contributed by atoms with Gasteiger partial charge in [-0.25, -0.2) is 0 Å². The maximum absolute atomic E-state index is 9.59. The number of allylic oxidation sites excluding steroid dienone is 2. The molecule has 0 spiro atoms. The Balaban J connectivity index is 3.09. The molecule has 0 rings (SSSR count). The van der Waals surface area contributed by atoms with Gasteiger partial charge in [-0.05, 0) is 39.5 Å². The fraction of sp³-hybridized carbons (Fsp3) is 0.889. The molecule has 0 radical (unpaired) electrons. The molecule has 0 heterocycles. The van der Waals surface area contributed by atoms with Crippen molar-refractivity contribution in [2.45, 2.75) is 103 Å². The Morgan fingerprint density at radius 3 is 1.74 bits per heavy atom. The van der Waals surface area contributed by atoms with Crippen molar-refractivity contribution < 1.29 is 5.11 Å². The van der Waals surface area contributed by atoms with Gasteiger partial charge in [0.2, 0.25) is 0 Å². The number of aliphatic hydroxyl groups is 1. The largest absolute Gasteiger partial charge is 0.390 e. The van der Waals surface area contributed by atoms with Gasteiger partial charge in [0, 0.05) is 0 Å². The second-order valence-electron chi connectivity index (χ2n) is 6.44. The van der Waals surface area contributed by atoms with Crippen LogP contribution in [0.4, 0.5) is 0 Å². The summed E-state index contributed by atoms with van der Waals surface area (Å²) in [5.41, 5.74) is -0.468. The van der Waals surface area contributed by atoms with Crippen LogP contribution in [0.25, 0.3) is 0 Å². The number of rotatable bonds is 13. The van der Waals surface area contributed by atoms with Crippen molar-refractivity contribution in [1.82, 2.24) is 0 Å². The van der Waals surface area contributed by atoms with Gasteiger partial charge < -0.3 is 5.11 Å². The zero-order chi connectivity index (χ0) is 14.4. The maximum Gasteiger partial charge on any atom is 0.0591 e. The normalized spacial score (nSPS) is 12.4. The van der Waals surface area contributed by atoms with E-state index in [1.807, 2.05) is 13.8 Å². The Hall–Kier alpha value is -0.300. The van der Waals surface area contributed by atoms with Crippen LogP contribution >= 0.6 is 0 Å². The summed E-state index contributed by atoms with van der Waals surface area (Å²) >= 11 is 0. The Bertz CT molecular complexity index is 200. The first-order valence-electron chi connectivity index (χ1n) is 8.43. The predicted octanol–water partition coefficient (Wildman–Crippen LogP) is 6.01. The van der Waals surface area contributed by atoms with Gasteiger partial charge in [-0.15, -0.1) is 0 Å². The van der Waals surface area contributed by atoms with Crippen LogP contribution in [0.3, 0.4) is 0 Å². The van der Waals surface area contributed by atoms with Crippen LogP contribution in [-0.4, -0.2) is 10.7 Å². The molecule has 1 N–H and O–H groups in total. The van der Waals surface area contributed by atoms with E-state index in [-0.39, 0.29) is 0 Å². The van der Waals surface area contributed by atoms with Gasteiger partial charge in [0.25, 0.3) is 0 Å². The molecule has 0 saturated carbocycles. The summed E-state index contributed by atoms with van der Waals surface area (Å²) in [6.07, 6.45) is 20.1. The average molecular weight is 268 g/mol. The molecular formula is C18H36O. The third-order valence-electron chi connectivity index (χ3n) is 3.55. The lowest BCUT2D eigenvalue weighted by Crippen LogP contribution is -2.17. The first kappa shape index (κ1) is 18.7. The Morgan fingerprint density at radius 1 is 0.737 bits per heavy atom. The summed E-state index contributed by atoms with van der Waals surface area (Å²) < 4.78 is 0. The van der Waals surface area contributed by atoms with E-state index in [9.17, 15) is 5.11 Å². The van der Waals surface area contributed by atoms with Crippen LogP contribution in [0.5, 0.6) is 0 Å². The molecule has 114 valence electrons. The van der Waals surface area contributed by atoms with Gasteiger partial charge in [0.05, 0.1) is 5.60 Å². The molecule has 1 nitrogen and oxygen atoms in total. The van der Waals surface area contributed by atoms with Gasteiger partial charge >= 0.3 is 0 Å². The van der Waals surface area contributed by atoms with Gasteiger partial charge in [-0.1, -0.05) is 70.4 Å². The molecule has 0 fully saturated rings. The molecule has 0 aromatic rings. The van der Waals surface area contributed by atoms with Gasteiger partial charge in [-0.2, -0.15) is 0 Å². The minimum Gasteiger partial charge on any atom is -0.390 e. The molecular weight excluding hydrogens is 232 g/mol. The lowest BCUT2D eigenvalue weighted by Gasteiger charge is -2.16. The van der Waals surface area contributed by atoms with Crippen LogP contribution in [0.1, 0.15) is 97.8 Å². The zero-order valence-corrected chi connectivity index (χ0v) is 13.6. The van der Waals surface area contributed by atoms with Crippen LogP contribution in [0.2, 0.25) is 0 Å². The third kappa shape index (κ3) is 17.7. The summed E-state index contributed by atoms with van der Waals surface area (Å²) in [4.78, 5) is 0. The van der Waals surface area contributed by atoms with Crippen molar-refractivity contribution >= 4 is 0 Å². The van der Waals surface area contributed by atoms with Crippen LogP contribution < -0.4 is 0 Å². The summed E-state index contributed by atoms with van der Waals surface area (Å²) in [6.45, 7) is 6.05. The predicted molar refractivity (Wildman–Crippen MR) is 86.5 cm³/mol. The summed E-state index contributed by atoms with van der Waals surface area (Å²) in [6, 6.07) is 0. The van der Waals surface area contributed by atoms with E-state index in [4.69, 9.17) is 0 Å². The first-order valence-corrected chi connectivity index (χ1v) is 8.43. The van der Waals surface area contributed by atoms with Gasteiger partial charge in [-0.3, -0.25) is 0 Å². The monoisotopic (exact) mass is 268 g/mol. The van der Waals surface area contributed by atoms with Crippen molar-refractivity contribution in [2.75, 3.05) is 0 Å². The summed E-state index contributed by atoms with van der Waals surface area (Å²) in [5, 5.41) is 9.59. The highest BCUT2D eigenvalue weighted by atomic mass is 16.3. The second-order valence-corrected chi connectivity index (χ2v) is 6.44. The molecule has 0 bridgehead atoms. The number of hydrogen-bond acceptors (Lipinski definition) is 1. The smallest absolute Gasteiger partial charge is 0.0591 e. The fourth-order valence-electron chi connectivity index (χ4n) is 2.26. The Morgan fingerprint density at radius 2 is 1.21 bits per heavy atom.